The van der Waals surface area contributed by atoms with E-state index in [1.54, 1.807) is 30.3 Å². The topological polar surface area (TPSA) is 46.9 Å². The van der Waals surface area contributed by atoms with Crippen molar-refractivity contribution in [1.29, 1.82) is 0 Å². The standard InChI is InChI=1S/C12H10F3N3O/c1-18-10(12(13,14)15)7-9(17-18)11(19)16-8-5-3-2-4-6-8/h2-7H,1H3,(H,16,19). The number of hydrogen-bond acceptors (Lipinski definition) is 2. The summed E-state index contributed by atoms with van der Waals surface area (Å²) in [4.78, 5) is 11.8. The number of para-hydroxylation sites is 1. The summed E-state index contributed by atoms with van der Waals surface area (Å²) < 4.78 is 38.3. The van der Waals surface area contributed by atoms with E-state index in [-0.39, 0.29) is 5.69 Å². The lowest BCUT2D eigenvalue weighted by molar-refractivity contribution is -0.143. The van der Waals surface area contributed by atoms with Gasteiger partial charge in [0.05, 0.1) is 0 Å². The first-order valence-electron chi connectivity index (χ1n) is 5.35. The van der Waals surface area contributed by atoms with E-state index in [0.29, 0.717) is 10.4 Å². The van der Waals surface area contributed by atoms with Gasteiger partial charge >= 0.3 is 6.18 Å². The smallest absolute Gasteiger partial charge is 0.321 e. The summed E-state index contributed by atoms with van der Waals surface area (Å²) in [6, 6.07) is 9.15. The van der Waals surface area contributed by atoms with Gasteiger partial charge < -0.3 is 5.32 Å². The number of rotatable bonds is 2. The monoisotopic (exact) mass is 269 g/mol. The molecule has 19 heavy (non-hydrogen) atoms. The molecule has 0 aliphatic rings. The van der Waals surface area contributed by atoms with Gasteiger partial charge in [0, 0.05) is 18.8 Å². The number of amides is 1. The minimum Gasteiger partial charge on any atom is -0.321 e. The lowest BCUT2D eigenvalue weighted by Crippen LogP contribution is -2.12. The normalized spacial score (nSPS) is 11.4. The molecule has 1 amide bonds. The Balaban J connectivity index is 2.21. The minimum atomic E-state index is -4.53. The molecule has 1 heterocycles. The van der Waals surface area contributed by atoms with Crippen molar-refractivity contribution in [2.75, 3.05) is 5.32 Å². The van der Waals surface area contributed by atoms with Crippen molar-refractivity contribution >= 4 is 11.6 Å². The van der Waals surface area contributed by atoms with Gasteiger partial charge in [0.15, 0.2) is 5.69 Å². The van der Waals surface area contributed by atoms with E-state index in [0.717, 1.165) is 13.1 Å². The Labute approximate surface area is 106 Å². The SMILES string of the molecule is Cn1nc(C(=O)Nc2ccccc2)cc1C(F)(F)F. The molecule has 0 saturated heterocycles. The summed E-state index contributed by atoms with van der Waals surface area (Å²) in [7, 11) is 1.14. The number of halogens is 3. The number of alkyl halides is 3. The maximum Gasteiger partial charge on any atom is 0.433 e. The summed E-state index contributed by atoms with van der Waals surface area (Å²) >= 11 is 0. The molecular weight excluding hydrogens is 259 g/mol. The van der Waals surface area contributed by atoms with Crippen LogP contribution in [0, 0.1) is 0 Å². The van der Waals surface area contributed by atoms with E-state index in [1.807, 2.05) is 0 Å². The zero-order valence-corrected chi connectivity index (χ0v) is 9.90. The number of nitrogens with one attached hydrogen (secondary N) is 1. The van der Waals surface area contributed by atoms with Crippen molar-refractivity contribution < 1.29 is 18.0 Å². The van der Waals surface area contributed by atoms with Crippen LogP contribution in [0.3, 0.4) is 0 Å². The second-order valence-electron chi connectivity index (χ2n) is 3.86. The Morgan fingerprint density at radius 2 is 1.89 bits per heavy atom. The number of nitrogens with zero attached hydrogens (tertiary/aromatic N) is 2. The van der Waals surface area contributed by atoms with E-state index < -0.39 is 17.8 Å². The highest BCUT2D eigenvalue weighted by atomic mass is 19.4. The van der Waals surface area contributed by atoms with Crippen LogP contribution in [0.4, 0.5) is 18.9 Å². The largest absolute Gasteiger partial charge is 0.433 e. The molecule has 0 aliphatic carbocycles. The van der Waals surface area contributed by atoms with Crippen LogP contribution in [0.15, 0.2) is 36.4 Å². The lowest BCUT2D eigenvalue weighted by Gasteiger charge is -2.04. The molecule has 0 unspecified atom stereocenters. The number of aryl methyl sites for hydroxylation is 1. The van der Waals surface area contributed by atoms with Gasteiger partial charge in [-0.15, -0.1) is 0 Å². The average molecular weight is 269 g/mol. The first-order valence-corrected chi connectivity index (χ1v) is 5.35. The quantitative estimate of drug-likeness (QED) is 0.911. The van der Waals surface area contributed by atoms with Crippen LogP contribution in [0.25, 0.3) is 0 Å². The number of aromatic nitrogens is 2. The predicted octanol–water partition coefficient (Wildman–Crippen LogP) is 2.69. The van der Waals surface area contributed by atoms with E-state index in [4.69, 9.17) is 0 Å². The van der Waals surface area contributed by atoms with E-state index >= 15 is 0 Å². The molecular formula is C12H10F3N3O. The van der Waals surface area contributed by atoms with Crippen LogP contribution in [-0.2, 0) is 13.2 Å². The second kappa shape index (κ2) is 4.75. The fraction of sp³-hybridized carbons (Fsp3) is 0.167. The summed E-state index contributed by atoms with van der Waals surface area (Å²) in [5.74, 6) is -0.683. The van der Waals surface area contributed by atoms with E-state index in [1.165, 1.54) is 0 Å². The third-order valence-corrected chi connectivity index (χ3v) is 2.43. The van der Waals surface area contributed by atoms with Crippen LogP contribution < -0.4 is 5.32 Å². The first kappa shape index (κ1) is 13.1. The summed E-state index contributed by atoms with van der Waals surface area (Å²) in [5.41, 5.74) is -0.754. The molecule has 1 aromatic carbocycles. The second-order valence-corrected chi connectivity index (χ2v) is 3.86. The third kappa shape index (κ3) is 2.93. The molecule has 0 spiro atoms. The summed E-state index contributed by atoms with van der Waals surface area (Å²) in [5, 5.41) is 6.03. The Kier molecular flexibility index (Phi) is 3.28. The van der Waals surface area contributed by atoms with Crippen molar-refractivity contribution in [1.82, 2.24) is 9.78 Å². The van der Waals surface area contributed by atoms with Crippen LogP contribution in [0.1, 0.15) is 16.2 Å². The molecule has 100 valence electrons. The molecule has 0 saturated carbocycles. The molecule has 0 fully saturated rings. The minimum absolute atomic E-state index is 0.279. The lowest BCUT2D eigenvalue weighted by atomic mass is 10.3. The van der Waals surface area contributed by atoms with Gasteiger partial charge in [0.25, 0.3) is 5.91 Å². The van der Waals surface area contributed by atoms with Gasteiger partial charge in [-0.3, -0.25) is 9.48 Å². The zero-order valence-electron chi connectivity index (χ0n) is 9.90. The van der Waals surface area contributed by atoms with Crippen LogP contribution >= 0.6 is 0 Å². The maximum atomic E-state index is 12.6. The Bertz CT molecular complexity index is 590. The van der Waals surface area contributed by atoms with Gasteiger partial charge in [-0.2, -0.15) is 18.3 Å². The highest BCUT2D eigenvalue weighted by Crippen LogP contribution is 2.29. The number of benzene rings is 1. The van der Waals surface area contributed by atoms with Gasteiger partial charge in [-0.05, 0) is 12.1 Å². The van der Waals surface area contributed by atoms with Crippen molar-refractivity contribution in [3.05, 3.63) is 47.8 Å². The highest BCUT2D eigenvalue weighted by molar-refractivity contribution is 6.02. The van der Waals surface area contributed by atoms with Gasteiger partial charge in [-0.25, -0.2) is 0 Å². The maximum absolute atomic E-state index is 12.6. The third-order valence-electron chi connectivity index (χ3n) is 2.43. The fourth-order valence-electron chi connectivity index (χ4n) is 1.56. The summed E-state index contributed by atoms with van der Waals surface area (Å²) in [6.45, 7) is 0. The van der Waals surface area contributed by atoms with Crippen LogP contribution in [0.5, 0.6) is 0 Å². The molecule has 2 aromatic rings. The van der Waals surface area contributed by atoms with Crippen LogP contribution in [-0.4, -0.2) is 15.7 Å². The van der Waals surface area contributed by atoms with Crippen molar-refractivity contribution in [2.24, 2.45) is 7.05 Å². The molecule has 1 aromatic heterocycles. The molecule has 0 radical (unpaired) electrons. The summed E-state index contributed by atoms with van der Waals surface area (Å²) in [6.07, 6.45) is -4.53. The fourth-order valence-corrected chi connectivity index (χ4v) is 1.56. The van der Waals surface area contributed by atoms with Gasteiger partial charge in [0.1, 0.15) is 5.69 Å². The molecule has 0 atom stereocenters. The van der Waals surface area contributed by atoms with Gasteiger partial charge in [0.2, 0.25) is 0 Å². The Morgan fingerprint density at radius 1 is 1.26 bits per heavy atom. The number of hydrogen-bond donors (Lipinski definition) is 1. The van der Waals surface area contributed by atoms with Crippen molar-refractivity contribution in [3.63, 3.8) is 0 Å². The van der Waals surface area contributed by atoms with Crippen molar-refractivity contribution in [2.45, 2.75) is 6.18 Å². The van der Waals surface area contributed by atoms with E-state index in [2.05, 4.69) is 10.4 Å². The Hall–Kier alpha value is -2.31. The Morgan fingerprint density at radius 3 is 2.42 bits per heavy atom. The highest BCUT2D eigenvalue weighted by Gasteiger charge is 2.35. The molecule has 0 aliphatic heterocycles. The number of anilines is 1. The number of carbonyl (C=O) groups is 1. The van der Waals surface area contributed by atoms with Gasteiger partial charge in [-0.1, -0.05) is 18.2 Å². The molecule has 0 bridgehead atoms. The predicted molar refractivity (Wildman–Crippen MR) is 62.6 cm³/mol. The molecule has 4 nitrogen and oxygen atoms in total. The van der Waals surface area contributed by atoms with E-state index in [9.17, 15) is 18.0 Å². The zero-order chi connectivity index (χ0) is 14.0. The van der Waals surface area contributed by atoms with Crippen molar-refractivity contribution in [3.8, 4) is 0 Å². The average Bonchev–Trinajstić information content (AvgIpc) is 2.72. The van der Waals surface area contributed by atoms with Crippen LogP contribution in [0.2, 0.25) is 0 Å². The first-order chi connectivity index (χ1) is 8.88. The number of carbonyl (C=O) groups excluding carboxylic acids is 1. The molecule has 7 heteroatoms. The molecule has 2 rings (SSSR count). The molecule has 1 N–H and O–H groups in total.